The quantitative estimate of drug-likeness (QED) is 0.764. The highest BCUT2D eigenvalue weighted by atomic mass is 16.5. The van der Waals surface area contributed by atoms with Gasteiger partial charge in [0.05, 0.1) is 40.1 Å². The fourth-order valence-electron chi connectivity index (χ4n) is 3.47. The lowest BCUT2D eigenvalue weighted by atomic mass is 10.0. The van der Waals surface area contributed by atoms with Crippen LogP contribution in [0.15, 0.2) is 42.5 Å². The summed E-state index contributed by atoms with van der Waals surface area (Å²) in [5.74, 6) is 1.32. The Bertz CT molecular complexity index is 783. The number of morpholine rings is 1. The van der Waals surface area contributed by atoms with Crippen molar-refractivity contribution in [2.75, 3.05) is 34.5 Å². The average molecular weight is 385 g/mol. The number of methoxy groups -OCH3 is 3. The third kappa shape index (κ3) is 4.22. The molecule has 2 unspecified atom stereocenters. The van der Waals surface area contributed by atoms with Crippen LogP contribution in [0, 0.1) is 0 Å². The predicted molar refractivity (Wildman–Crippen MR) is 106 cm³/mol. The molecule has 1 saturated heterocycles. The van der Waals surface area contributed by atoms with Crippen molar-refractivity contribution >= 4 is 5.91 Å². The zero-order valence-corrected chi connectivity index (χ0v) is 16.8. The lowest BCUT2D eigenvalue weighted by molar-refractivity contribution is -0.0464. The van der Waals surface area contributed by atoms with Crippen molar-refractivity contribution in [2.45, 2.75) is 25.5 Å². The monoisotopic (exact) mass is 385 g/mol. The van der Waals surface area contributed by atoms with Crippen LogP contribution in [0.4, 0.5) is 0 Å². The molecule has 0 aromatic heterocycles. The van der Waals surface area contributed by atoms with E-state index in [2.05, 4.69) is 12.1 Å². The van der Waals surface area contributed by atoms with E-state index in [1.54, 1.807) is 33.5 Å². The summed E-state index contributed by atoms with van der Waals surface area (Å²) >= 11 is 0. The summed E-state index contributed by atoms with van der Waals surface area (Å²) in [4.78, 5) is 15.1. The maximum atomic E-state index is 13.3. The van der Waals surface area contributed by atoms with Gasteiger partial charge in [0, 0.05) is 18.5 Å². The summed E-state index contributed by atoms with van der Waals surface area (Å²) in [5, 5.41) is 0. The Labute approximate surface area is 166 Å². The molecule has 1 aliphatic heterocycles. The molecule has 1 aliphatic rings. The van der Waals surface area contributed by atoms with E-state index in [-0.39, 0.29) is 18.1 Å². The number of carbonyl (C=O) groups is 1. The van der Waals surface area contributed by atoms with Crippen molar-refractivity contribution in [3.63, 3.8) is 0 Å². The molecule has 2 aromatic rings. The Hall–Kier alpha value is -2.73. The molecule has 28 heavy (non-hydrogen) atoms. The molecule has 2 aromatic carbocycles. The lowest BCUT2D eigenvalue weighted by Gasteiger charge is -2.38. The van der Waals surface area contributed by atoms with E-state index < -0.39 is 0 Å². The Kier molecular flexibility index (Phi) is 6.41. The Balaban J connectivity index is 1.82. The number of rotatable bonds is 6. The van der Waals surface area contributed by atoms with E-state index in [1.165, 1.54) is 5.56 Å². The Morgan fingerprint density at radius 3 is 2.29 bits per heavy atom. The standard InChI is InChI=1S/C22H27NO5/c1-15-14-28-18(10-16-8-6-5-7-9-16)13-23(15)22(24)17-11-19(25-2)21(27-4)20(12-17)26-3/h5-9,11-12,15,18H,10,13-14H2,1-4H3. The topological polar surface area (TPSA) is 57.2 Å². The highest BCUT2D eigenvalue weighted by Gasteiger charge is 2.31. The summed E-state index contributed by atoms with van der Waals surface area (Å²) < 4.78 is 22.1. The van der Waals surface area contributed by atoms with Crippen molar-refractivity contribution in [1.29, 1.82) is 0 Å². The first-order chi connectivity index (χ1) is 13.6. The SMILES string of the molecule is COc1cc(C(=O)N2CC(Cc3ccccc3)OCC2C)cc(OC)c1OC. The molecule has 0 radical (unpaired) electrons. The molecule has 0 spiro atoms. The first-order valence-electron chi connectivity index (χ1n) is 9.33. The summed E-state index contributed by atoms with van der Waals surface area (Å²) in [6.07, 6.45) is 0.733. The van der Waals surface area contributed by atoms with Crippen LogP contribution >= 0.6 is 0 Å². The zero-order chi connectivity index (χ0) is 20.1. The van der Waals surface area contributed by atoms with Crippen molar-refractivity contribution in [2.24, 2.45) is 0 Å². The van der Waals surface area contributed by atoms with Crippen LogP contribution in [0.2, 0.25) is 0 Å². The molecule has 2 atom stereocenters. The van der Waals surface area contributed by atoms with Gasteiger partial charge in [0.25, 0.3) is 5.91 Å². The fraction of sp³-hybridized carbons (Fsp3) is 0.409. The van der Waals surface area contributed by atoms with Gasteiger partial charge in [-0.2, -0.15) is 0 Å². The highest BCUT2D eigenvalue weighted by molar-refractivity contribution is 5.96. The van der Waals surface area contributed by atoms with Gasteiger partial charge in [0.1, 0.15) is 0 Å². The number of carbonyl (C=O) groups excluding carboxylic acids is 1. The highest BCUT2D eigenvalue weighted by Crippen LogP contribution is 2.38. The van der Waals surface area contributed by atoms with Gasteiger partial charge in [-0.15, -0.1) is 0 Å². The van der Waals surface area contributed by atoms with Crippen LogP contribution < -0.4 is 14.2 Å². The molecule has 0 N–H and O–H groups in total. The van der Waals surface area contributed by atoms with Crippen molar-refractivity contribution < 1.29 is 23.7 Å². The molecule has 6 nitrogen and oxygen atoms in total. The maximum absolute atomic E-state index is 13.3. The molecule has 1 amide bonds. The van der Waals surface area contributed by atoms with E-state index in [1.807, 2.05) is 30.0 Å². The van der Waals surface area contributed by atoms with Crippen LogP contribution in [-0.4, -0.2) is 57.4 Å². The molecule has 150 valence electrons. The molecular weight excluding hydrogens is 358 g/mol. The normalized spacial score (nSPS) is 19.2. The van der Waals surface area contributed by atoms with E-state index in [9.17, 15) is 4.79 Å². The summed E-state index contributed by atoms with van der Waals surface area (Å²) in [6, 6.07) is 13.5. The molecule has 0 aliphatic carbocycles. The van der Waals surface area contributed by atoms with E-state index in [0.717, 1.165) is 6.42 Å². The largest absolute Gasteiger partial charge is 0.493 e. The summed E-state index contributed by atoms with van der Waals surface area (Å²) in [6.45, 7) is 3.04. The van der Waals surface area contributed by atoms with E-state index in [4.69, 9.17) is 18.9 Å². The minimum Gasteiger partial charge on any atom is -0.493 e. The second-order valence-corrected chi connectivity index (χ2v) is 6.87. The van der Waals surface area contributed by atoms with Crippen LogP contribution in [-0.2, 0) is 11.2 Å². The number of ether oxygens (including phenoxy) is 4. The maximum Gasteiger partial charge on any atom is 0.254 e. The molecule has 0 saturated carbocycles. The van der Waals surface area contributed by atoms with Crippen molar-refractivity contribution in [3.8, 4) is 17.2 Å². The third-order valence-corrected chi connectivity index (χ3v) is 4.98. The second-order valence-electron chi connectivity index (χ2n) is 6.87. The molecule has 6 heteroatoms. The van der Waals surface area contributed by atoms with Crippen LogP contribution in [0.5, 0.6) is 17.2 Å². The predicted octanol–water partition coefficient (Wildman–Crippen LogP) is 3.18. The minimum absolute atomic E-state index is 0.0152. The first kappa shape index (κ1) is 20.0. The van der Waals surface area contributed by atoms with Gasteiger partial charge >= 0.3 is 0 Å². The number of nitrogens with zero attached hydrogens (tertiary/aromatic N) is 1. The molecule has 1 fully saturated rings. The van der Waals surface area contributed by atoms with Gasteiger partial charge in [-0.3, -0.25) is 4.79 Å². The second kappa shape index (κ2) is 8.97. The van der Waals surface area contributed by atoms with Crippen LogP contribution in [0.1, 0.15) is 22.8 Å². The van der Waals surface area contributed by atoms with Gasteiger partial charge in [-0.25, -0.2) is 0 Å². The number of benzene rings is 2. The lowest BCUT2D eigenvalue weighted by Crippen LogP contribution is -2.51. The summed E-state index contributed by atoms with van der Waals surface area (Å²) in [7, 11) is 4.62. The van der Waals surface area contributed by atoms with Gasteiger partial charge < -0.3 is 23.8 Å². The number of hydrogen-bond acceptors (Lipinski definition) is 5. The third-order valence-electron chi connectivity index (χ3n) is 4.98. The van der Waals surface area contributed by atoms with Gasteiger partial charge in [0.2, 0.25) is 5.75 Å². The first-order valence-corrected chi connectivity index (χ1v) is 9.33. The molecule has 3 rings (SSSR count). The Morgan fingerprint density at radius 1 is 1.07 bits per heavy atom. The number of amides is 1. The van der Waals surface area contributed by atoms with Crippen molar-refractivity contribution in [3.05, 3.63) is 53.6 Å². The molecule has 1 heterocycles. The molecular formula is C22H27NO5. The fourth-order valence-corrected chi connectivity index (χ4v) is 3.47. The molecule has 0 bridgehead atoms. The zero-order valence-electron chi connectivity index (χ0n) is 16.8. The minimum atomic E-state index is -0.0758. The van der Waals surface area contributed by atoms with Crippen molar-refractivity contribution in [1.82, 2.24) is 4.90 Å². The van der Waals surface area contributed by atoms with E-state index >= 15 is 0 Å². The number of hydrogen-bond donors (Lipinski definition) is 0. The van der Waals surface area contributed by atoms with Crippen LogP contribution in [0.25, 0.3) is 0 Å². The Morgan fingerprint density at radius 2 is 1.71 bits per heavy atom. The smallest absolute Gasteiger partial charge is 0.254 e. The van der Waals surface area contributed by atoms with Gasteiger partial charge in [-0.1, -0.05) is 30.3 Å². The van der Waals surface area contributed by atoms with E-state index in [0.29, 0.717) is 36.0 Å². The average Bonchev–Trinajstić information content (AvgIpc) is 2.74. The van der Waals surface area contributed by atoms with Gasteiger partial charge in [0.15, 0.2) is 11.5 Å². The van der Waals surface area contributed by atoms with Gasteiger partial charge in [-0.05, 0) is 24.6 Å². The van der Waals surface area contributed by atoms with Crippen LogP contribution in [0.3, 0.4) is 0 Å². The summed E-state index contributed by atoms with van der Waals surface area (Å²) in [5.41, 5.74) is 1.70.